The predicted molar refractivity (Wildman–Crippen MR) is 117 cm³/mol. The highest BCUT2D eigenvalue weighted by molar-refractivity contribution is 7.99. The first-order valence-electron chi connectivity index (χ1n) is 9.76. The van der Waals surface area contributed by atoms with Gasteiger partial charge < -0.3 is 10.1 Å². The van der Waals surface area contributed by atoms with Crippen LogP contribution in [-0.2, 0) is 16.1 Å². The maximum Gasteiger partial charge on any atom is 0.272 e. The lowest BCUT2D eigenvalue weighted by Crippen LogP contribution is -2.28. The van der Waals surface area contributed by atoms with Crippen LogP contribution in [0.1, 0.15) is 12.8 Å². The Morgan fingerprint density at radius 1 is 1.32 bits per heavy atom. The van der Waals surface area contributed by atoms with Crippen molar-refractivity contribution in [1.82, 2.24) is 19.2 Å². The predicted octanol–water partition coefficient (Wildman–Crippen LogP) is 3.15. The van der Waals surface area contributed by atoms with E-state index in [1.807, 2.05) is 11.4 Å². The molecule has 11 heteroatoms. The van der Waals surface area contributed by atoms with Crippen molar-refractivity contribution < 1.29 is 13.9 Å². The molecule has 8 nitrogen and oxygen atoms in total. The number of para-hydroxylation sites is 1. The average Bonchev–Trinajstić information content (AvgIpc) is 3.51. The zero-order valence-corrected chi connectivity index (χ0v) is 17.9. The van der Waals surface area contributed by atoms with Gasteiger partial charge in [-0.15, -0.1) is 21.5 Å². The molecule has 31 heavy (non-hydrogen) atoms. The summed E-state index contributed by atoms with van der Waals surface area (Å²) < 4.78 is 23.5. The van der Waals surface area contributed by atoms with E-state index in [0.29, 0.717) is 34.3 Å². The number of rotatable bonds is 6. The Kier molecular flexibility index (Phi) is 5.47. The Labute approximate surface area is 184 Å². The minimum atomic E-state index is -0.494. The third-order valence-electron chi connectivity index (χ3n) is 5.07. The summed E-state index contributed by atoms with van der Waals surface area (Å²) in [6, 6.07) is 7.85. The van der Waals surface area contributed by atoms with Crippen LogP contribution in [0.4, 0.5) is 10.1 Å². The van der Waals surface area contributed by atoms with Gasteiger partial charge in [-0.1, -0.05) is 23.9 Å². The second-order valence-corrected chi connectivity index (χ2v) is 8.98. The van der Waals surface area contributed by atoms with Gasteiger partial charge in [-0.2, -0.15) is 0 Å². The van der Waals surface area contributed by atoms with Crippen LogP contribution in [0.2, 0.25) is 0 Å². The number of carbonyl (C=O) groups is 1. The molecule has 1 aromatic carbocycles. The number of nitrogens with one attached hydrogen (secondary N) is 1. The summed E-state index contributed by atoms with van der Waals surface area (Å²) in [5.74, 6) is -0.414. The maximum absolute atomic E-state index is 13.8. The largest absolute Gasteiger partial charge is 0.376 e. The van der Waals surface area contributed by atoms with Crippen LogP contribution in [0, 0.1) is 5.82 Å². The van der Waals surface area contributed by atoms with Crippen LogP contribution >= 0.6 is 23.1 Å². The van der Waals surface area contributed by atoms with E-state index in [0.717, 1.165) is 12.8 Å². The molecule has 0 saturated carbocycles. The Morgan fingerprint density at radius 2 is 2.19 bits per heavy atom. The molecule has 1 aliphatic heterocycles. The molecular weight excluding hydrogens is 441 g/mol. The molecule has 0 aliphatic carbocycles. The van der Waals surface area contributed by atoms with Crippen LogP contribution in [0.3, 0.4) is 0 Å². The van der Waals surface area contributed by atoms with E-state index in [2.05, 4.69) is 15.5 Å². The number of anilines is 1. The maximum atomic E-state index is 13.8. The second kappa shape index (κ2) is 8.40. The number of nitrogens with zero attached hydrogens (tertiary/aromatic N) is 4. The minimum Gasteiger partial charge on any atom is -0.376 e. The standard InChI is InChI=1S/C20H18FN5O3S2/c21-13-5-1-2-6-14(13)22-16(27)11-31-20-24-23-19-25(10-12-4-3-8-29-12)18(28)17-15(26(19)20)7-9-30-17/h1-2,5-7,9,12H,3-4,8,10-11H2,(H,22,27)/t12-/m1/s1. The Balaban J connectivity index is 1.44. The van der Waals surface area contributed by atoms with Crippen molar-refractivity contribution in [2.45, 2.75) is 30.6 Å². The summed E-state index contributed by atoms with van der Waals surface area (Å²) in [5, 5.41) is 13.4. The highest BCUT2D eigenvalue weighted by Gasteiger charge is 2.23. The zero-order chi connectivity index (χ0) is 21.4. The van der Waals surface area contributed by atoms with Crippen molar-refractivity contribution in [3.8, 4) is 0 Å². The first-order chi connectivity index (χ1) is 15.1. The lowest BCUT2D eigenvalue weighted by Gasteiger charge is -2.13. The molecule has 4 aromatic rings. The van der Waals surface area contributed by atoms with Gasteiger partial charge in [-0.05, 0) is 36.4 Å². The molecule has 1 fully saturated rings. The quantitative estimate of drug-likeness (QED) is 0.446. The molecule has 1 aliphatic rings. The van der Waals surface area contributed by atoms with Crippen molar-refractivity contribution in [3.63, 3.8) is 0 Å². The summed E-state index contributed by atoms with van der Waals surface area (Å²) in [7, 11) is 0. The van der Waals surface area contributed by atoms with Gasteiger partial charge in [0.2, 0.25) is 11.7 Å². The van der Waals surface area contributed by atoms with E-state index in [1.54, 1.807) is 21.1 Å². The number of amides is 1. The fraction of sp³-hybridized carbons (Fsp3) is 0.300. The number of aromatic nitrogens is 4. The van der Waals surface area contributed by atoms with E-state index >= 15 is 0 Å². The number of benzene rings is 1. The van der Waals surface area contributed by atoms with Gasteiger partial charge in [0.1, 0.15) is 10.5 Å². The molecular formula is C20H18FN5O3S2. The third-order valence-corrected chi connectivity index (χ3v) is 6.89. The topological polar surface area (TPSA) is 90.5 Å². The molecule has 0 spiro atoms. The fourth-order valence-electron chi connectivity index (χ4n) is 3.63. The number of thiophene rings is 1. The number of hydrogen-bond acceptors (Lipinski definition) is 7. The molecule has 160 valence electrons. The Hall–Kier alpha value is -2.76. The first-order valence-corrected chi connectivity index (χ1v) is 11.6. The molecule has 4 heterocycles. The SMILES string of the molecule is O=C(CSc1nnc2n(C[C@H]3CCCO3)c(=O)c3sccc3n12)Nc1ccccc1F. The van der Waals surface area contributed by atoms with Crippen molar-refractivity contribution in [1.29, 1.82) is 0 Å². The van der Waals surface area contributed by atoms with Gasteiger partial charge in [-0.3, -0.25) is 18.6 Å². The normalized spacial score (nSPS) is 16.4. The van der Waals surface area contributed by atoms with Gasteiger partial charge in [0, 0.05) is 6.61 Å². The van der Waals surface area contributed by atoms with Crippen LogP contribution < -0.4 is 10.9 Å². The molecule has 1 atom stereocenters. The molecule has 0 radical (unpaired) electrons. The van der Waals surface area contributed by atoms with E-state index in [9.17, 15) is 14.0 Å². The van der Waals surface area contributed by atoms with Gasteiger partial charge in [0.15, 0.2) is 5.16 Å². The highest BCUT2D eigenvalue weighted by atomic mass is 32.2. The molecule has 0 unspecified atom stereocenters. The fourth-order valence-corrected chi connectivity index (χ4v) is 5.19. The highest BCUT2D eigenvalue weighted by Crippen LogP contribution is 2.25. The molecule has 1 amide bonds. The monoisotopic (exact) mass is 459 g/mol. The number of hydrogen-bond donors (Lipinski definition) is 1. The lowest BCUT2D eigenvalue weighted by molar-refractivity contribution is -0.113. The Morgan fingerprint density at radius 3 is 3.00 bits per heavy atom. The lowest BCUT2D eigenvalue weighted by atomic mass is 10.2. The first kappa shape index (κ1) is 20.2. The van der Waals surface area contributed by atoms with Gasteiger partial charge in [0.05, 0.1) is 29.6 Å². The van der Waals surface area contributed by atoms with Crippen LogP contribution in [-0.4, -0.2) is 43.5 Å². The van der Waals surface area contributed by atoms with Crippen LogP contribution in [0.5, 0.6) is 0 Å². The van der Waals surface area contributed by atoms with Gasteiger partial charge >= 0.3 is 0 Å². The summed E-state index contributed by atoms with van der Waals surface area (Å²) in [4.78, 5) is 25.4. The molecule has 0 bridgehead atoms. The molecule has 1 saturated heterocycles. The number of carbonyl (C=O) groups excluding carboxylic acids is 1. The summed E-state index contributed by atoms with van der Waals surface area (Å²) in [5.41, 5.74) is 0.717. The van der Waals surface area contributed by atoms with E-state index in [-0.39, 0.29) is 29.0 Å². The van der Waals surface area contributed by atoms with E-state index in [4.69, 9.17) is 4.74 Å². The number of ether oxygens (including phenoxy) is 1. The summed E-state index contributed by atoms with van der Waals surface area (Å²) >= 11 is 2.54. The summed E-state index contributed by atoms with van der Waals surface area (Å²) in [6.07, 6.45) is 1.84. The average molecular weight is 460 g/mol. The summed E-state index contributed by atoms with van der Waals surface area (Å²) in [6.45, 7) is 1.11. The number of thioether (sulfide) groups is 1. The smallest absolute Gasteiger partial charge is 0.272 e. The van der Waals surface area contributed by atoms with E-state index < -0.39 is 5.82 Å². The molecule has 5 rings (SSSR count). The molecule has 1 N–H and O–H groups in total. The minimum absolute atomic E-state index is 0.0195. The van der Waals surface area contributed by atoms with Gasteiger partial charge in [0.25, 0.3) is 5.56 Å². The number of halogens is 1. The van der Waals surface area contributed by atoms with Crippen molar-refractivity contribution in [2.75, 3.05) is 17.7 Å². The van der Waals surface area contributed by atoms with E-state index in [1.165, 1.54) is 35.2 Å². The van der Waals surface area contributed by atoms with Crippen molar-refractivity contribution in [2.24, 2.45) is 0 Å². The van der Waals surface area contributed by atoms with Gasteiger partial charge in [-0.25, -0.2) is 4.39 Å². The van der Waals surface area contributed by atoms with Crippen molar-refractivity contribution >= 4 is 50.7 Å². The second-order valence-electron chi connectivity index (χ2n) is 7.12. The van der Waals surface area contributed by atoms with Crippen LogP contribution in [0.15, 0.2) is 45.7 Å². The molecule has 3 aromatic heterocycles. The number of fused-ring (bicyclic) bond motifs is 3. The van der Waals surface area contributed by atoms with Crippen molar-refractivity contribution in [3.05, 3.63) is 51.9 Å². The zero-order valence-electron chi connectivity index (χ0n) is 16.3. The Bertz CT molecular complexity index is 1330. The third kappa shape index (κ3) is 3.84. The van der Waals surface area contributed by atoms with Crippen LogP contribution in [0.25, 0.3) is 16.0 Å².